The van der Waals surface area contributed by atoms with Crippen LogP contribution in [0, 0.1) is 19.7 Å². The normalized spacial score (nSPS) is 16.1. The largest absolute Gasteiger partial charge is 0.490 e. The number of aliphatic hydroxyl groups is 1. The summed E-state index contributed by atoms with van der Waals surface area (Å²) < 4.78 is 29.5. The number of fused-ring (bicyclic) bond motifs is 8. The Morgan fingerprint density at radius 2 is 1.61 bits per heavy atom. The van der Waals surface area contributed by atoms with Gasteiger partial charge in [0.15, 0.2) is 11.6 Å². The second-order valence-electron chi connectivity index (χ2n) is 14.0. The summed E-state index contributed by atoms with van der Waals surface area (Å²) in [5.41, 5.74) is 6.01. The SMILES string of the molecule is CC.CC(C)(C)O.Cc1c(CC(=O)O)c2n3cc(nc3c1C)-c1cccc(c1)-c1cccc(F)c1OCCCCCOC1(C)CCN2CC1. The maximum Gasteiger partial charge on any atom is 0.307 e. The van der Waals surface area contributed by atoms with Crippen molar-refractivity contribution in [1.29, 1.82) is 0 Å². The van der Waals surface area contributed by atoms with Crippen molar-refractivity contribution >= 4 is 17.4 Å². The van der Waals surface area contributed by atoms with Gasteiger partial charge in [0.2, 0.25) is 0 Å². The van der Waals surface area contributed by atoms with E-state index >= 15 is 0 Å². The molecular weight excluding hydrogens is 621 g/mol. The van der Waals surface area contributed by atoms with Crippen molar-refractivity contribution in [1.82, 2.24) is 9.38 Å². The molecule has 0 unspecified atom stereocenters. The lowest BCUT2D eigenvalue weighted by atomic mass is 9.92. The molecular formula is C40H54FN3O5. The number of carboxylic acids is 1. The average molecular weight is 676 g/mol. The summed E-state index contributed by atoms with van der Waals surface area (Å²) in [6.45, 7) is 18.0. The Balaban J connectivity index is 0.000000710. The molecule has 1 fully saturated rings. The lowest BCUT2D eigenvalue weighted by Gasteiger charge is -2.41. The summed E-state index contributed by atoms with van der Waals surface area (Å²) >= 11 is 0. The molecule has 9 heteroatoms. The first kappa shape index (κ1) is 37.9. The van der Waals surface area contributed by atoms with E-state index in [4.69, 9.17) is 19.6 Å². The maximum atomic E-state index is 15.0. The van der Waals surface area contributed by atoms with Crippen molar-refractivity contribution in [3.8, 4) is 28.1 Å². The van der Waals surface area contributed by atoms with E-state index in [0.29, 0.717) is 18.8 Å². The van der Waals surface area contributed by atoms with Gasteiger partial charge in [0.1, 0.15) is 11.5 Å². The van der Waals surface area contributed by atoms with Gasteiger partial charge in [0, 0.05) is 42.6 Å². The molecule has 49 heavy (non-hydrogen) atoms. The van der Waals surface area contributed by atoms with E-state index in [-0.39, 0.29) is 23.6 Å². The Labute approximate surface area is 290 Å². The van der Waals surface area contributed by atoms with E-state index in [1.165, 1.54) is 6.07 Å². The van der Waals surface area contributed by atoms with Crippen molar-refractivity contribution < 1.29 is 28.9 Å². The standard InChI is InChI=1S/C34H38FN3O4.C4H10O.C2H6/c1-22-23(2)32-36-29-21-38(32)33(27(22)20-30(39)40)37-15-13-34(3,14-16-37)42-18-6-4-5-17-41-31-26(11-8-12-28(31)35)24-9-7-10-25(29)19-24;1-4(2,3)5;1-2/h7-12,19,21H,4-6,13-18,20H2,1-3H3,(H,39,40);5H,1-3H3;1-2H3. The van der Waals surface area contributed by atoms with E-state index in [1.54, 1.807) is 26.8 Å². The predicted octanol–water partition coefficient (Wildman–Crippen LogP) is 8.79. The van der Waals surface area contributed by atoms with Crippen molar-refractivity contribution in [3.63, 3.8) is 0 Å². The Kier molecular flexibility index (Phi) is 12.5. The summed E-state index contributed by atoms with van der Waals surface area (Å²) in [4.78, 5) is 19.4. The summed E-state index contributed by atoms with van der Waals surface area (Å²) in [7, 11) is 0. The van der Waals surface area contributed by atoms with Crippen LogP contribution in [0.3, 0.4) is 0 Å². The highest BCUT2D eigenvalue weighted by molar-refractivity contribution is 5.79. The van der Waals surface area contributed by atoms with Gasteiger partial charge in [0.25, 0.3) is 0 Å². The molecule has 6 bridgehead atoms. The van der Waals surface area contributed by atoms with Crippen molar-refractivity contribution in [3.05, 3.63) is 71.2 Å². The molecule has 1 saturated heterocycles. The van der Waals surface area contributed by atoms with Crippen LogP contribution in [-0.2, 0) is 16.0 Å². The number of aryl methyl sites for hydroxylation is 1. The van der Waals surface area contributed by atoms with Crippen LogP contribution in [0.25, 0.3) is 28.0 Å². The molecule has 2 N–H and O–H groups in total. The molecule has 0 radical (unpaired) electrons. The summed E-state index contributed by atoms with van der Waals surface area (Å²) in [5.74, 6) is -0.0793. The van der Waals surface area contributed by atoms with Gasteiger partial charge < -0.3 is 24.6 Å². The number of pyridine rings is 1. The van der Waals surface area contributed by atoms with Gasteiger partial charge in [-0.05, 0) is 102 Å². The minimum absolute atomic E-state index is 0.0619. The van der Waals surface area contributed by atoms with Crippen LogP contribution in [0.4, 0.5) is 10.2 Å². The van der Waals surface area contributed by atoms with Gasteiger partial charge in [-0.3, -0.25) is 9.20 Å². The number of halogens is 1. The van der Waals surface area contributed by atoms with Crippen LogP contribution in [0.15, 0.2) is 48.7 Å². The lowest BCUT2D eigenvalue weighted by molar-refractivity contribution is -0.136. The highest BCUT2D eigenvalue weighted by atomic mass is 19.1. The third-order valence-electron chi connectivity index (χ3n) is 8.93. The third-order valence-corrected chi connectivity index (χ3v) is 8.93. The van der Waals surface area contributed by atoms with E-state index in [1.807, 2.05) is 64.2 Å². The number of carboxylic acid groups (broad SMARTS) is 1. The topological polar surface area (TPSA) is 96.5 Å². The number of aromatic nitrogens is 2. The van der Waals surface area contributed by atoms with Crippen molar-refractivity contribution in [2.45, 2.75) is 105 Å². The average Bonchev–Trinajstić information content (AvgIpc) is 3.50. The second kappa shape index (κ2) is 16.2. The van der Waals surface area contributed by atoms with E-state index in [2.05, 4.69) is 16.2 Å². The fourth-order valence-corrected chi connectivity index (χ4v) is 6.30. The summed E-state index contributed by atoms with van der Waals surface area (Å²) in [6.07, 6.45) is 6.29. The number of rotatable bonds is 2. The second-order valence-corrected chi connectivity index (χ2v) is 14.0. The molecule has 0 saturated carbocycles. The zero-order valence-electron chi connectivity index (χ0n) is 30.5. The Morgan fingerprint density at radius 3 is 2.29 bits per heavy atom. The van der Waals surface area contributed by atoms with E-state index in [0.717, 1.165) is 90.2 Å². The number of nitrogens with zero attached hydrogens (tertiary/aromatic N) is 3. The molecule has 8 nitrogen and oxygen atoms in total. The Bertz CT molecular complexity index is 1730. The first-order valence-corrected chi connectivity index (χ1v) is 17.6. The van der Waals surface area contributed by atoms with Gasteiger partial charge >= 0.3 is 5.97 Å². The summed E-state index contributed by atoms with van der Waals surface area (Å²) in [6, 6.07) is 13.0. The molecule has 3 aliphatic rings. The Morgan fingerprint density at radius 1 is 0.980 bits per heavy atom. The molecule has 2 aromatic carbocycles. The molecule has 0 atom stereocenters. The number of hydrogen-bond acceptors (Lipinski definition) is 6. The minimum atomic E-state index is -0.856. The van der Waals surface area contributed by atoms with Crippen LogP contribution < -0.4 is 9.64 Å². The Hall–Kier alpha value is -3.95. The fraction of sp³-hybridized carbons (Fsp3) is 0.500. The monoisotopic (exact) mass is 675 g/mol. The van der Waals surface area contributed by atoms with Crippen LogP contribution in [-0.4, -0.2) is 63.1 Å². The number of para-hydroxylation sites is 1. The van der Waals surface area contributed by atoms with Gasteiger partial charge in [0.05, 0.1) is 29.9 Å². The summed E-state index contributed by atoms with van der Waals surface area (Å²) in [5, 5.41) is 18.4. The molecule has 2 aromatic heterocycles. The van der Waals surface area contributed by atoms with Gasteiger partial charge in [-0.2, -0.15) is 0 Å². The number of carbonyl (C=O) groups is 1. The first-order chi connectivity index (χ1) is 23.2. The number of aliphatic carboxylic acids is 1. The zero-order valence-corrected chi connectivity index (χ0v) is 30.5. The van der Waals surface area contributed by atoms with Gasteiger partial charge in [-0.15, -0.1) is 0 Å². The number of anilines is 1. The molecule has 5 heterocycles. The van der Waals surface area contributed by atoms with Crippen LogP contribution in [0.2, 0.25) is 0 Å². The molecule has 4 aromatic rings. The number of benzene rings is 2. The molecule has 0 amide bonds. The number of piperidine rings is 1. The lowest BCUT2D eigenvalue weighted by Crippen LogP contribution is -2.45. The van der Waals surface area contributed by atoms with Crippen molar-refractivity contribution in [2.24, 2.45) is 0 Å². The van der Waals surface area contributed by atoms with E-state index < -0.39 is 11.6 Å². The van der Waals surface area contributed by atoms with Crippen LogP contribution in [0.1, 0.15) is 90.3 Å². The third kappa shape index (κ3) is 9.40. The quantitative estimate of drug-likeness (QED) is 0.219. The number of ether oxygens (including phenoxy) is 2. The van der Waals surface area contributed by atoms with Gasteiger partial charge in [-0.25, -0.2) is 9.37 Å². The fourth-order valence-electron chi connectivity index (χ4n) is 6.30. The first-order valence-electron chi connectivity index (χ1n) is 17.6. The van der Waals surface area contributed by atoms with Crippen LogP contribution in [0.5, 0.6) is 5.75 Å². The van der Waals surface area contributed by atoms with E-state index in [9.17, 15) is 14.3 Å². The molecule has 0 spiro atoms. The molecule has 3 aliphatic heterocycles. The zero-order chi connectivity index (χ0) is 35.9. The molecule has 0 aliphatic carbocycles. The number of hydrogen-bond donors (Lipinski definition) is 2. The van der Waals surface area contributed by atoms with Crippen molar-refractivity contribution in [2.75, 3.05) is 31.2 Å². The maximum absolute atomic E-state index is 15.0. The number of imidazole rings is 1. The highest BCUT2D eigenvalue weighted by Gasteiger charge is 2.33. The molecule has 7 rings (SSSR count). The van der Waals surface area contributed by atoms with Gasteiger partial charge in [-0.1, -0.05) is 44.2 Å². The smallest absolute Gasteiger partial charge is 0.307 e. The molecule has 266 valence electrons. The predicted molar refractivity (Wildman–Crippen MR) is 195 cm³/mol. The minimum Gasteiger partial charge on any atom is -0.490 e. The van der Waals surface area contributed by atoms with Crippen LogP contribution >= 0.6 is 0 Å². The highest BCUT2D eigenvalue weighted by Crippen LogP contribution is 2.38.